The first-order chi connectivity index (χ1) is 8.41. The second-order valence-electron chi connectivity index (χ2n) is 3.56. The first-order valence-electron chi connectivity index (χ1n) is 5.01. The fraction of sp³-hybridized carbons (Fsp3) is 0.400. The highest BCUT2D eigenvalue weighted by Crippen LogP contribution is 2.23. The molecule has 0 aliphatic heterocycles. The molecule has 0 fully saturated rings. The first-order valence-corrected chi connectivity index (χ1v) is 5.81. The van der Waals surface area contributed by atoms with Crippen LogP contribution in [0.4, 0.5) is 14.5 Å². The maximum atomic E-state index is 12.0. The molecular formula is C10H11BrF2N2O3. The molecule has 0 saturated heterocycles. The third kappa shape index (κ3) is 4.28. The number of nitro groups is 1. The zero-order chi connectivity index (χ0) is 13.7. The average Bonchev–Trinajstić information content (AvgIpc) is 2.30. The van der Waals surface area contributed by atoms with Gasteiger partial charge in [-0.15, -0.1) is 0 Å². The lowest BCUT2D eigenvalue weighted by atomic mass is 10.2. The summed E-state index contributed by atoms with van der Waals surface area (Å²) in [5.74, 6) is 0. The molecule has 0 bridgehead atoms. The van der Waals surface area contributed by atoms with Crippen molar-refractivity contribution in [2.75, 3.05) is 6.54 Å². The number of halogens is 3. The van der Waals surface area contributed by atoms with Gasteiger partial charge in [0.25, 0.3) is 12.1 Å². The summed E-state index contributed by atoms with van der Waals surface area (Å²) in [7, 11) is 0. The first kappa shape index (κ1) is 14.9. The second kappa shape index (κ2) is 6.72. The average molecular weight is 325 g/mol. The molecule has 0 aliphatic carbocycles. The zero-order valence-corrected chi connectivity index (χ0v) is 10.7. The molecular weight excluding hydrogens is 314 g/mol. The van der Waals surface area contributed by atoms with Crippen molar-refractivity contribution in [2.24, 2.45) is 0 Å². The van der Waals surface area contributed by atoms with Gasteiger partial charge < -0.3 is 10.4 Å². The summed E-state index contributed by atoms with van der Waals surface area (Å²) in [6, 6.07) is 4.47. The van der Waals surface area contributed by atoms with Gasteiger partial charge >= 0.3 is 0 Å². The number of nitrogens with zero attached hydrogens (tertiary/aromatic N) is 1. The Balaban J connectivity index is 2.65. The van der Waals surface area contributed by atoms with Gasteiger partial charge in [0.2, 0.25) is 0 Å². The maximum absolute atomic E-state index is 12.0. The Labute approximate surface area is 110 Å². The van der Waals surface area contributed by atoms with E-state index in [1.807, 2.05) is 0 Å². The highest BCUT2D eigenvalue weighted by atomic mass is 79.9. The van der Waals surface area contributed by atoms with Crippen LogP contribution in [0.1, 0.15) is 5.56 Å². The Bertz CT molecular complexity index is 432. The van der Waals surface area contributed by atoms with Crippen LogP contribution >= 0.6 is 15.9 Å². The van der Waals surface area contributed by atoms with Crippen LogP contribution in [-0.2, 0) is 6.54 Å². The molecule has 100 valence electrons. The van der Waals surface area contributed by atoms with Crippen molar-refractivity contribution in [3.63, 3.8) is 0 Å². The van der Waals surface area contributed by atoms with E-state index < -0.39 is 17.5 Å². The lowest BCUT2D eigenvalue weighted by Crippen LogP contribution is -2.31. The Morgan fingerprint density at radius 3 is 2.72 bits per heavy atom. The predicted octanol–water partition coefficient (Wildman–Crippen LogP) is 2.07. The lowest BCUT2D eigenvalue weighted by molar-refractivity contribution is -0.385. The number of nitrogens with one attached hydrogen (secondary N) is 1. The number of aliphatic hydroxyl groups is 1. The molecule has 1 rings (SSSR count). The van der Waals surface area contributed by atoms with E-state index in [4.69, 9.17) is 5.11 Å². The molecule has 0 radical (unpaired) electrons. The van der Waals surface area contributed by atoms with E-state index in [1.165, 1.54) is 12.1 Å². The monoisotopic (exact) mass is 324 g/mol. The van der Waals surface area contributed by atoms with Gasteiger partial charge in [-0.2, -0.15) is 0 Å². The SMILES string of the molecule is O=[N+]([O-])c1cc(Br)ccc1CNCC(O)C(F)F. The van der Waals surface area contributed by atoms with E-state index in [0.717, 1.165) is 0 Å². The molecule has 1 unspecified atom stereocenters. The van der Waals surface area contributed by atoms with Crippen molar-refractivity contribution < 1.29 is 18.8 Å². The molecule has 2 N–H and O–H groups in total. The van der Waals surface area contributed by atoms with Crippen molar-refractivity contribution in [1.82, 2.24) is 5.32 Å². The molecule has 1 atom stereocenters. The molecule has 0 spiro atoms. The van der Waals surface area contributed by atoms with E-state index >= 15 is 0 Å². The number of hydrogen-bond acceptors (Lipinski definition) is 4. The third-order valence-corrected chi connectivity index (χ3v) is 2.70. The Morgan fingerprint density at radius 2 is 2.17 bits per heavy atom. The minimum atomic E-state index is -2.84. The van der Waals surface area contributed by atoms with E-state index in [1.54, 1.807) is 6.07 Å². The van der Waals surface area contributed by atoms with Crippen LogP contribution in [0.3, 0.4) is 0 Å². The number of nitro benzene ring substituents is 1. The molecule has 0 aromatic heterocycles. The molecule has 8 heteroatoms. The van der Waals surface area contributed by atoms with Gasteiger partial charge in [0, 0.05) is 29.2 Å². The van der Waals surface area contributed by atoms with Gasteiger partial charge in [0.15, 0.2) is 0 Å². The molecule has 0 heterocycles. The Hall–Kier alpha value is -1.12. The zero-order valence-electron chi connectivity index (χ0n) is 9.15. The van der Waals surface area contributed by atoms with Gasteiger partial charge in [0.1, 0.15) is 6.10 Å². The van der Waals surface area contributed by atoms with Crippen molar-refractivity contribution >= 4 is 21.6 Å². The van der Waals surface area contributed by atoms with Crippen molar-refractivity contribution in [2.45, 2.75) is 19.1 Å². The van der Waals surface area contributed by atoms with Crippen molar-refractivity contribution in [1.29, 1.82) is 0 Å². The fourth-order valence-corrected chi connectivity index (χ4v) is 1.65. The summed E-state index contributed by atoms with van der Waals surface area (Å²) in [5.41, 5.74) is 0.257. The second-order valence-corrected chi connectivity index (χ2v) is 4.48. The van der Waals surface area contributed by atoms with Gasteiger partial charge in [-0.25, -0.2) is 8.78 Å². The van der Waals surface area contributed by atoms with E-state index in [9.17, 15) is 18.9 Å². The molecule has 5 nitrogen and oxygen atoms in total. The highest BCUT2D eigenvalue weighted by Gasteiger charge is 2.17. The van der Waals surface area contributed by atoms with Crippen LogP contribution in [0.15, 0.2) is 22.7 Å². The Kier molecular flexibility index (Phi) is 5.57. The van der Waals surface area contributed by atoms with Crippen LogP contribution < -0.4 is 5.32 Å². The van der Waals surface area contributed by atoms with Gasteiger partial charge in [-0.3, -0.25) is 10.1 Å². The van der Waals surface area contributed by atoms with E-state index in [2.05, 4.69) is 21.2 Å². The third-order valence-electron chi connectivity index (χ3n) is 2.20. The summed E-state index contributed by atoms with van der Waals surface area (Å²) in [4.78, 5) is 10.2. The molecule has 0 aliphatic rings. The van der Waals surface area contributed by atoms with Crippen molar-refractivity contribution in [3.8, 4) is 0 Å². The largest absolute Gasteiger partial charge is 0.386 e. The Morgan fingerprint density at radius 1 is 1.50 bits per heavy atom. The van der Waals surface area contributed by atoms with E-state index in [0.29, 0.717) is 10.0 Å². The number of alkyl halides is 2. The summed E-state index contributed by atoms with van der Waals surface area (Å²) in [6.45, 7) is -0.293. The quantitative estimate of drug-likeness (QED) is 0.620. The van der Waals surface area contributed by atoms with Crippen LogP contribution in [0.25, 0.3) is 0 Å². The summed E-state index contributed by atoms with van der Waals surface area (Å²) < 4.78 is 24.6. The molecule has 0 saturated carbocycles. The maximum Gasteiger partial charge on any atom is 0.275 e. The summed E-state index contributed by atoms with van der Waals surface area (Å²) >= 11 is 3.11. The van der Waals surface area contributed by atoms with Crippen LogP contribution in [0.2, 0.25) is 0 Å². The number of hydrogen-bond donors (Lipinski definition) is 2. The van der Waals surface area contributed by atoms with Crippen LogP contribution in [0, 0.1) is 10.1 Å². The molecule has 0 amide bonds. The topological polar surface area (TPSA) is 75.4 Å². The fourth-order valence-electron chi connectivity index (χ4n) is 1.30. The van der Waals surface area contributed by atoms with Crippen molar-refractivity contribution in [3.05, 3.63) is 38.3 Å². The molecule has 18 heavy (non-hydrogen) atoms. The summed E-state index contributed by atoms with van der Waals surface area (Å²) in [5, 5.41) is 22.2. The minimum Gasteiger partial charge on any atom is -0.386 e. The normalized spacial score (nSPS) is 12.7. The number of rotatable bonds is 6. The van der Waals surface area contributed by atoms with Gasteiger partial charge in [-0.05, 0) is 12.1 Å². The standard InChI is InChI=1S/C10H11BrF2N2O3/c11-7-2-1-6(8(3-7)15(17)18)4-14-5-9(16)10(12)13/h1-3,9-10,14,16H,4-5H2. The predicted molar refractivity (Wildman–Crippen MR) is 64.5 cm³/mol. The number of benzene rings is 1. The summed E-state index contributed by atoms with van der Waals surface area (Å²) in [6.07, 6.45) is -4.61. The van der Waals surface area contributed by atoms with Gasteiger partial charge in [0.05, 0.1) is 4.92 Å². The van der Waals surface area contributed by atoms with Crippen LogP contribution in [0.5, 0.6) is 0 Å². The number of aliphatic hydroxyl groups excluding tert-OH is 1. The molecule has 1 aromatic carbocycles. The van der Waals surface area contributed by atoms with Crippen LogP contribution in [-0.4, -0.2) is 29.1 Å². The lowest BCUT2D eigenvalue weighted by Gasteiger charge is -2.10. The molecule has 1 aromatic rings. The highest BCUT2D eigenvalue weighted by molar-refractivity contribution is 9.10. The van der Waals surface area contributed by atoms with Gasteiger partial charge in [-0.1, -0.05) is 15.9 Å². The smallest absolute Gasteiger partial charge is 0.275 e. The van der Waals surface area contributed by atoms with E-state index in [-0.39, 0.29) is 18.8 Å². The minimum absolute atomic E-state index is 0.0351.